The van der Waals surface area contributed by atoms with Gasteiger partial charge in [0.2, 0.25) is 10.0 Å². The second-order valence-corrected chi connectivity index (χ2v) is 11.5. The van der Waals surface area contributed by atoms with Gasteiger partial charge in [-0.1, -0.05) is 93.3 Å². The van der Waals surface area contributed by atoms with Gasteiger partial charge in [0.15, 0.2) is 0 Å². The van der Waals surface area contributed by atoms with Gasteiger partial charge in [-0.05, 0) is 55.4 Å². The number of nitrogens with zero attached hydrogens (tertiary/aromatic N) is 1. The van der Waals surface area contributed by atoms with Crippen molar-refractivity contribution in [3.63, 3.8) is 0 Å². The summed E-state index contributed by atoms with van der Waals surface area (Å²) >= 11 is 1.78. The number of rotatable bonds is 10. The van der Waals surface area contributed by atoms with E-state index in [9.17, 15) is 8.42 Å². The molecule has 0 spiro atoms. The van der Waals surface area contributed by atoms with Crippen LogP contribution in [0.4, 0.5) is 0 Å². The average molecular weight is 458 g/mol. The molecule has 5 heteroatoms. The molecule has 0 unspecified atom stereocenters. The SMILES string of the molecule is CCCCC1(CCCC)C=C(Sc2ccccc2)CCN1S(=O)(=O)c1ccc(C)cc1. The van der Waals surface area contributed by atoms with Crippen molar-refractivity contribution < 1.29 is 8.42 Å². The molecular formula is C26H35NO2S2. The third-order valence-corrected chi connectivity index (χ3v) is 9.10. The molecule has 1 heterocycles. The molecule has 0 bridgehead atoms. The number of hydrogen-bond acceptors (Lipinski definition) is 3. The molecule has 2 aromatic carbocycles. The highest BCUT2D eigenvalue weighted by Gasteiger charge is 2.44. The van der Waals surface area contributed by atoms with E-state index < -0.39 is 15.6 Å². The summed E-state index contributed by atoms with van der Waals surface area (Å²) in [6.07, 6.45) is 8.94. The first-order valence-electron chi connectivity index (χ1n) is 11.5. The van der Waals surface area contributed by atoms with Crippen LogP contribution in [0.15, 0.2) is 75.4 Å². The van der Waals surface area contributed by atoms with Crippen molar-refractivity contribution >= 4 is 21.8 Å². The minimum atomic E-state index is -3.56. The molecule has 3 rings (SSSR count). The lowest BCUT2D eigenvalue weighted by molar-refractivity contribution is 0.193. The zero-order chi connectivity index (χ0) is 22.3. The molecule has 1 aliphatic rings. The van der Waals surface area contributed by atoms with Crippen molar-refractivity contribution in [3.8, 4) is 0 Å². The van der Waals surface area contributed by atoms with Crippen molar-refractivity contribution in [3.05, 3.63) is 71.1 Å². The van der Waals surface area contributed by atoms with Crippen LogP contribution in [0, 0.1) is 6.92 Å². The first-order valence-corrected chi connectivity index (χ1v) is 13.7. The Labute approximate surface area is 193 Å². The van der Waals surface area contributed by atoms with Gasteiger partial charge in [-0.3, -0.25) is 0 Å². The maximum Gasteiger partial charge on any atom is 0.243 e. The minimum Gasteiger partial charge on any atom is -0.207 e. The Morgan fingerprint density at radius 2 is 1.55 bits per heavy atom. The number of aryl methyl sites for hydroxylation is 1. The molecule has 0 saturated carbocycles. The molecule has 0 saturated heterocycles. The van der Waals surface area contributed by atoms with Gasteiger partial charge >= 0.3 is 0 Å². The summed E-state index contributed by atoms with van der Waals surface area (Å²) in [6, 6.07) is 17.7. The Morgan fingerprint density at radius 1 is 0.935 bits per heavy atom. The van der Waals surface area contributed by atoms with Crippen LogP contribution in [0.25, 0.3) is 0 Å². The smallest absolute Gasteiger partial charge is 0.207 e. The topological polar surface area (TPSA) is 37.4 Å². The van der Waals surface area contributed by atoms with E-state index in [-0.39, 0.29) is 0 Å². The van der Waals surface area contributed by atoms with E-state index in [4.69, 9.17) is 0 Å². The summed E-state index contributed by atoms with van der Waals surface area (Å²) in [7, 11) is -3.56. The fourth-order valence-electron chi connectivity index (χ4n) is 4.28. The van der Waals surface area contributed by atoms with Crippen LogP contribution in [0.3, 0.4) is 0 Å². The van der Waals surface area contributed by atoms with Crippen LogP contribution in [-0.4, -0.2) is 24.8 Å². The van der Waals surface area contributed by atoms with Crippen LogP contribution in [0.5, 0.6) is 0 Å². The van der Waals surface area contributed by atoms with E-state index in [1.807, 2.05) is 29.4 Å². The third kappa shape index (κ3) is 5.82. The standard InChI is InChI=1S/C26H35NO2S2/c1-4-6-18-26(19-7-5-2)21-24(30-23-11-9-8-10-12-23)17-20-27(26)31(28,29)25-15-13-22(3)14-16-25/h8-16,21H,4-7,17-20H2,1-3H3. The molecule has 0 aliphatic carbocycles. The molecule has 2 aromatic rings. The highest BCUT2D eigenvalue weighted by molar-refractivity contribution is 8.03. The minimum absolute atomic E-state index is 0.406. The summed E-state index contributed by atoms with van der Waals surface area (Å²) in [4.78, 5) is 2.90. The Kier molecular flexibility index (Phi) is 8.43. The molecule has 0 radical (unpaired) electrons. The summed E-state index contributed by atoms with van der Waals surface area (Å²) in [6.45, 7) is 6.88. The van der Waals surface area contributed by atoms with Gasteiger partial charge in [0.1, 0.15) is 0 Å². The molecule has 31 heavy (non-hydrogen) atoms. The van der Waals surface area contributed by atoms with E-state index in [1.165, 1.54) is 9.80 Å². The molecule has 0 fully saturated rings. The number of benzene rings is 2. The Morgan fingerprint density at radius 3 is 2.13 bits per heavy atom. The lowest BCUT2D eigenvalue weighted by atomic mass is 9.84. The van der Waals surface area contributed by atoms with Crippen molar-refractivity contribution in [2.45, 2.75) is 81.0 Å². The van der Waals surface area contributed by atoms with Gasteiger partial charge in [-0.15, -0.1) is 0 Å². The molecular weight excluding hydrogens is 422 g/mol. The Balaban J connectivity index is 2.03. The average Bonchev–Trinajstić information content (AvgIpc) is 2.77. The van der Waals surface area contributed by atoms with Crippen molar-refractivity contribution in [2.75, 3.05) is 6.54 Å². The molecule has 0 aromatic heterocycles. The predicted octanol–water partition coefficient (Wildman–Crippen LogP) is 7.18. The Bertz CT molecular complexity index is 958. The van der Waals surface area contributed by atoms with Crippen LogP contribution in [0.1, 0.15) is 64.4 Å². The molecule has 0 N–H and O–H groups in total. The van der Waals surface area contributed by atoms with E-state index in [0.29, 0.717) is 11.4 Å². The first kappa shape index (κ1) is 24.1. The fourth-order valence-corrected chi connectivity index (χ4v) is 7.13. The maximum absolute atomic E-state index is 13.8. The Hall–Kier alpha value is -1.56. The van der Waals surface area contributed by atoms with E-state index in [0.717, 1.165) is 50.5 Å². The monoisotopic (exact) mass is 457 g/mol. The highest BCUT2D eigenvalue weighted by atomic mass is 32.2. The predicted molar refractivity (Wildman–Crippen MR) is 132 cm³/mol. The van der Waals surface area contributed by atoms with Gasteiger partial charge in [0.25, 0.3) is 0 Å². The quantitative estimate of drug-likeness (QED) is 0.379. The van der Waals surface area contributed by atoms with Gasteiger partial charge in [0.05, 0.1) is 10.4 Å². The molecule has 0 amide bonds. The van der Waals surface area contributed by atoms with Crippen molar-refractivity contribution in [1.82, 2.24) is 4.31 Å². The van der Waals surface area contributed by atoms with Crippen LogP contribution in [0.2, 0.25) is 0 Å². The first-order chi connectivity index (χ1) is 14.9. The largest absolute Gasteiger partial charge is 0.243 e. The zero-order valence-electron chi connectivity index (χ0n) is 19.0. The summed E-state index contributed by atoms with van der Waals surface area (Å²) < 4.78 is 29.4. The van der Waals surface area contributed by atoms with Crippen molar-refractivity contribution in [1.29, 1.82) is 0 Å². The summed E-state index contributed by atoms with van der Waals surface area (Å²) in [5.74, 6) is 0. The summed E-state index contributed by atoms with van der Waals surface area (Å²) in [5.41, 5.74) is 0.618. The highest BCUT2D eigenvalue weighted by Crippen LogP contribution is 2.43. The molecule has 0 atom stereocenters. The molecule has 3 nitrogen and oxygen atoms in total. The molecule has 168 valence electrons. The van der Waals surface area contributed by atoms with Crippen LogP contribution >= 0.6 is 11.8 Å². The zero-order valence-corrected chi connectivity index (χ0v) is 20.6. The lowest BCUT2D eigenvalue weighted by Gasteiger charge is -2.45. The third-order valence-electron chi connectivity index (χ3n) is 6.02. The van der Waals surface area contributed by atoms with Crippen LogP contribution < -0.4 is 0 Å². The van der Waals surface area contributed by atoms with Crippen molar-refractivity contribution in [2.24, 2.45) is 0 Å². The van der Waals surface area contributed by atoms with Gasteiger partial charge in [0, 0.05) is 11.4 Å². The van der Waals surface area contributed by atoms with E-state index in [1.54, 1.807) is 23.9 Å². The summed E-state index contributed by atoms with van der Waals surface area (Å²) in [5, 5.41) is 0. The van der Waals surface area contributed by atoms with Gasteiger partial charge < -0.3 is 0 Å². The number of unbranched alkanes of at least 4 members (excludes halogenated alkanes) is 2. The van der Waals surface area contributed by atoms with E-state index in [2.05, 4.69) is 44.2 Å². The van der Waals surface area contributed by atoms with E-state index >= 15 is 0 Å². The number of hydrogen-bond donors (Lipinski definition) is 0. The lowest BCUT2D eigenvalue weighted by Crippen LogP contribution is -2.53. The second-order valence-electron chi connectivity index (χ2n) is 8.48. The number of thioether (sulfide) groups is 1. The molecule has 1 aliphatic heterocycles. The second kappa shape index (κ2) is 10.8. The normalized spacial score (nSPS) is 16.8. The maximum atomic E-state index is 13.8. The van der Waals surface area contributed by atoms with Crippen LogP contribution in [-0.2, 0) is 10.0 Å². The number of sulfonamides is 1. The fraction of sp³-hybridized carbons (Fsp3) is 0.462. The van der Waals surface area contributed by atoms with Gasteiger partial charge in [-0.25, -0.2) is 8.42 Å². The van der Waals surface area contributed by atoms with Gasteiger partial charge in [-0.2, -0.15) is 4.31 Å².